The first-order valence-electron chi connectivity index (χ1n) is 2.96. The highest BCUT2D eigenvalue weighted by Gasteiger charge is 2.31. The minimum Gasteiger partial charge on any atom is -0.464 e. The van der Waals surface area contributed by atoms with Gasteiger partial charge in [0.05, 0.1) is 6.61 Å². The third-order valence-corrected chi connectivity index (χ3v) is 1.17. The Morgan fingerprint density at radius 2 is 2.44 bits per heavy atom. The highest BCUT2D eigenvalue weighted by molar-refractivity contribution is 6.14. The normalized spacial score (nSPS) is 22.9. The molecule has 50 valence electrons. The largest absolute Gasteiger partial charge is 0.464 e. The van der Waals surface area contributed by atoms with Gasteiger partial charge in [0.25, 0.3) is 0 Å². The van der Waals surface area contributed by atoms with E-state index < -0.39 is 0 Å². The van der Waals surface area contributed by atoms with Crippen molar-refractivity contribution in [2.24, 2.45) is 4.99 Å². The topological polar surface area (TPSA) is 38.7 Å². The van der Waals surface area contributed by atoms with Gasteiger partial charge in [0, 0.05) is 5.71 Å². The predicted molar refractivity (Wildman–Crippen MR) is 33.5 cm³/mol. The number of esters is 1. The highest BCUT2D eigenvalue weighted by atomic mass is 16.5. The first kappa shape index (κ1) is 6.26. The second kappa shape index (κ2) is 2.17. The molecule has 3 nitrogen and oxygen atoms in total. The fourth-order valence-corrected chi connectivity index (χ4v) is 0.611. The van der Waals surface area contributed by atoms with Crippen molar-refractivity contribution in [1.82, 2.24) is 0 Å². The molecule has 0 aromatic carbocycles. The Bertz CT molecular complexity index is 162. The summed E-state index contributed by atoms with van der Waals surface area (Å²) in [5.74, 6) is -0.213. The van der Waals surface area contributed by atoms with Crippen LogP contribution in [-0.4, -0.2) is 24.3 Å². The molecule has 0 saturated heterocycles. The molecule has 0 spiro atoms. The molecule has 0 unspecified atom stereocenters. The van der Waals surface area contributed by atoms with Crippen molar-refractivity contribution in [2.75, 3.05) is 6.61 Å². The molecular weight excluding hydrogens is 118 g/mol. The molecule has 0 saturated carbocycles. The molecule has 9 heavy (non-hydrogen) atoms. The third kappa shape index (κ3) is 1.28. The maximum Gasteiger partial charge on any atom is 0.336 e. The van der Waals surface area contributed by atoms with Crippen LogP contribution in [0.4, 0.5) is 0 Å². The van der Waals surface area contributed by atoms with E-state index in [0.717, 1.165) is 5.71 Å². The summed E-state index contributed by atoms with van der Waals surface area (Å²) in [7, 11) is 0. The number of aliphatic imine (C=N–C) groups is 1. The number of carbonyl (C=O) groups excluding carboxylic acids is 1. The summed E-state index contributed by atoms with van der Waals surface area (Å²) in [5.41, 5.74) is 0.883. The van der Waals surface area contributed by atoms with Gasteiger partial charge in [-0.15, -0.1) is 0 Å². The van der Waals surface area contributed by atoms with Gasteiger partial charge in [-0.2, -0.15) is 0 Å². The zero-order chi connectivity index (χ0) is 6.85. The van der Waals surface area contributed by atoms with Gasteiger partial charge in [-0.1, -0.05) is 0 Å². The summed E-state index contributed by atoms with van der Waals surface area (Å²) in [5, 5.41) is 0. The molecule has 0 aromatic rings. The third-order valence-electron chi connectivity index (χ3n) is 1.17. The Hall–Kier alpha value is -0.860. The van der Waals surface area contributed by atoms with Crippen molar-refractivity contribution in [2.45, 2.75) is 19.9 Å². The molecule has 1 atom stereocenters. The van der Waals surface area contributed by atoms with Gasteiger partial charge < -0.3 is 4.74 Å². The van der Waals surface area contributed by atoms with E-state index in [1.54, 1.807) is 6.92 Å². The fourth-order valence-electron chi connectivity index (χ4n) is 0.611. The van der Waals surface area contributed by atoms with E-state index in [1.165, 1.54) is 0 Å². The van der Waals surface area contributed by atoms with Crippen molar-refractivity contribution in [3.8, 4) is 0 Å². The number of rotatable bonds is 2. The van der Waals surface area contributed by atoms with Crippen LogP contribution in [0.25, 0.3) is 0 Å². The van der Waals surface area contributed by atoms with Crippen molar-refractivity contribution < 1.29 is 9.53 Å². The van der Waals surface area contributed by atoms with Crippen LogP contribution >= 0.6 is 0 Å². The number of hydrogen-bond donors (Lipinski definition) is 0. The van der Waals surface area contributed by atoms with Crippen LogP contribution in [0.1, 0.15) is 13.8 Å². The van der Waals surface area contributed by atoms with Gasteiger partial charge in [0.1, 0.15) is 0 Å². The summed E-state index contributed by atoms with van der Waals surface area (Å²) in [6, 6.07) is -0.232. The van der Waals surface area contributed by atoms with Crippen LogP contribution < -0.4 is 0 Å². The molecule has 0 radical (unpaired) electrons. The van der Waals surface area contributed by atoms with Crippen LogP contribution in [0.3, 0.4) is 0 Å². The van der Waals surface area contributed by atoms with Gasteiger partial charge in [-0.3, -0.25) is 4.99 Å². The van der Waals surface area contributed by atoms with Gasteiger partial charge in [-0.05, 0) is 13.8 Å². The van der Waals surface area contributed by atoms with Gasteiger partial charge >= 0.3 is 5.97 Å². The number of carbonyl (C=O) groups is 1. The van der Waals surface area contributed by atoms with E-state index in [9.17, 15) is 4.79 Å². The quantitative estimate of drug-likeness (QED) is 0.503. The molecule has 1 aliphatic heterocycles. The minimum atomic E-state index is -0.232. The molecule has 0 aromatic heterocycles. The van der Waals surface area contributed by atoms with E-state index in [-0.39, 0.29) is 12.0 Å². The van der Waals surface area contributed by atoms with E-state index in [1.807, 2.05) is 6.92 Å². The summed E-state index contributed by atoms with van der Waals surface area (Å²) in [4.78, 5) is 14.5. The predicted octanol–water partition coefficient (Wildman–Crippen LogP) is 0.393. The second-order valence-corrected chi connectivity index (χ2v) is 1.93. The van der Waals surface area contributed by atoms with Gasteiger partial charge in [-0.25, -0.2) is 4.79 Å². The lowest BCUT2D eigenvalue weighted by Crippen LogP contribution is -2.14. The lowest BCUT2D eigenvalue weighted by Gasteiger charge is -1.95. The first-order valence-corrected chi connectivity index (χ1v) is 2.96. The zero-order valence-corrected chi connectivity index (χ0v) is 5.55. The summed E-state index contributed by atoms with van der Waals surface area (Å²) < 4.78 is 4.68. The van der Waals surface area contributed by atoms with Crippen LogP contribution in [0, 0.1) is 0 Å². The highest BCUT2D eigenvalue weighted by Crippen LogP contribution is 2.11. The Labute approximate surface area is 53.7 Å². The van der Waals surface area contributed by atoms with E-state index in [2.05, 4.69) is 9.73 Å². The molecule has 0 bridgehead atoms. The van der Waals surface area contributed by atoms with Crippen molar-refractivity contribution in [3.05, 3.63) is 0 Å². The summed E-state index contributed by atoms with van der Waals surface area (Å²) in [6.45, 7) is 4.05. The Morgan fingerprint density at radius 3 is 2.78 bits per heavy atom. The van der Waals surface area contributed by atoms with Crippen LogP contribution in [0.2, 0.25) is 0 Å². The Balaban J connectivity index is 2.22. The van der Waals surface area contributed by atoms with E-state index in [0.29, 0.717) is 6.61 Å². The molecule has 3 heteroatoms. The molecular formula is C6H9NO2. The van der Waals surface area contributed by atoms with Gasteiger partial charge in [0.15, 0.2) is 6.04 Å². The minimum absolute atomic E-state index is 0.213. The zero-order valence-electron chi connectivity index (χ0n) is 5.55. The summed E-state index contributed by atoms with van der Waals surface area (Å²) >= 11 is 0. The van der Waals surface area contributed by atoms with Crippen LogP contribution in [0.5, 0.6) is 0 Å². The number of nitrogens with zero attached hydrogens (tertiary/aromatic N) is 1. The number of ether oxygens (including phenoxy) is 1. The lowest BCUT2D eigenvalue weighted by molar-refractivity contribution is -0.142. The maximum absolute atomic E-state index is 10.7. The van der Waals surface area contributed by atoms with Gasteiger partial charge in [0.2, 0.25) is 0 Å². The first-order chi connectivity index (χ1) is 4.25. The average Bonchev–Trinajstić information content (AvgIpc) is 2.47. The molecule has 0 amide bonds. The molecule has 0 N–H and O–H groups in total. The molecule has 1 aliphatic rings. The number of hydrogen-bond acceptors (Lipinski definition) is 3. The average molecular weight is 127 g/mol. The van der Waals surface area contributed by atoms with Crippen molar-refractivity contribution >= 4 is 11.7 Å². The van der Waals surface area contributed by atoms with E-state index >= 15 is 0 Å². The molecule has 1 heterocycles. The summed E-state index contributed by atoms with van der Waals surface area (Å²) in [6.07, 6.45) is 0. The van der Waals surface area contributed by atoms with Crippen LogP contribution in [-0.2, 0) is 9.53 Å². The lowest BCUT2D eigenvalue weighted by atomic mass is 10.3. The standard InChI is InChI=1S/C6H9NO2/c1-3-9-6(8)5-4(2)7-5/h5H,3H2,1-2H3/t5-/m0/s1. The fraction of sp³-hybridized carbons (Fsp3) is 0.667. The van der Waals surface area contributed by atoms with Crippen molar-refractivity contribution in [3.63, 3.8) is 0 Å². The van der Waals surface area contributed by atoms with Crippen LogP contribution in [0.15, 0.2) is 4.99 Å². The smallest absolute Gasteiger partial charge is 0.336 e. The molecule has 0 aliphatic carbocycles. The van der Waals surface area contributed by atoms with Crippen molar-refractivity contribution in [1.29, 1.82) is 0 Å². The molecule has 0 fully saturated rings. The molecule has 1 rings (SSSR count). The van der Waals surface area contributed by atoms with E-state index in [4.69, 9.17) is 0 Å². The Kier molecular flexibility index (Phi) is 1.51. The second-order valence-electron chi connectivity index (χ2n) is 1.93. The Morgan fingerprint density at radius 1 is 1.89 bits per heavy atom. The maximum atomic E-state index is 10.7. The monoisotopic (exact) mass is 127 g/mol. The SMILES string of the molecule is CCOC(=O)[C@H]1N=C1C.